The zero-order valence-corrected chi connectivity index (χ0v) is 16.7. The van der Waals surface area contributed by atoms with Gasteiger partial charge in [0.15, 0.2) is 0 Å². The van der Waals surface area contributed by atoms with E-state index in [0.717, 1.165) is 36.6 Å². The summed E-state index contributed by atoms with van der Waals surface area (Å²) in [5, 5.41) is 3.85. The van der Waals surface area contributed by atoms with Crippen molar-refractivity contribution in [1.82, 2.24) is 4.98 Å². The summed E-state index contributed by atoms with van der Waals surface area (Å²) >= 11 is 1.41. The number of anilines is 2. The van der Waals surface area contributed by atoms with Gasteiger partial charge < -0.3 is 10.2 Å². The van der Waals surface area contributed by atoms with Crippen molar-refractivity contribution in [3.05, 3.63) is 39.6 Å². The zero-order chi connectivity index (χ0) is 18.9. The fourth-order valence-electron chi connectivity index (χ4n) is 3.13. The van der Waals surface area contributed by atoms with Gasteiger partial charge >= 0.3 is 0 Å². The van der Waals surface area contributed by atoms with E-state index in [9.17, 15) is 9.18 Å². The SMILES string of the molecule is Cc1nc(C(C)(C)C)sc1C(=O)Nc1cc(F)ccc1N1CCCCC1. The molecule has 0 aliphatic carbocycles. The number of amides is 1. The number of benzene rings is 1. The van der Waals surface area contributed by atoms with Crippen LogP contribution < -0.4 is 10.2 Å². The molecule has 2 aromatic rings. The lowest BCUT2D eigenvalue weighted by Gasteiger charge is -2.30. The Labute approximate surface area is 158 Å². The Morgan fingerprint density at radius 1 is 1.23 bits per heavy atom. The van der Waals surface area contributed by atoms with E-state index in [1.165, 1.54) is 29.9 Å². The maximum atomic E-state index is 13.8. The number of aromatic nitrogens is 1. The molecular weight excluding hydrogens is 349 g/mol. The van der Waals surface area contributed by atoms with Crippen LogP contribution in [0.15, 0.2) is 18.2 Å². The summed E-state index contributed by atoms with van der Waals surface area (Å²) in [5.41, 5.74) is 2.03. The molecular formula is C20H26FN3OS. The van der Waals surface area contributed by atoms with E-state index in [0.29, 0.717) is 16.3 Å². The van der Waals surface area contributed by atoms with Crippen LogP contribution in [0.2, 0.25) is 0 Å². The number of rotatable bonds is 3. The largest absolute Gasteiger partial charge is 0.370 e. The molecule has 0 radical (unpaired) electrons. The van der Waals surface area contributed by atoms with Crippen molar-refractivity contribution in [1.29, 1.82) is 0 Å². The first-order chi connectivity index (χ1) is 12.3. The van der Waals surface area contributed by atoms with Crippen molar-refractivity contribution in [2.24, 2.45) is 0 Å². The van der Waals surface area contributed by atoms with Crippen LogP contribution in [0.25, 0.3) is 0 Å². The van der Waals surface area contributed by atoms with Gasteiger partial charge in [-0.25, -0.2) is 9.37 Å². The normalized spacial score (nSPS) is 15.2. The average Bonchev–Trinajstić information content (AvgIpc) is 2.98. The number of carbonyl (C=O) groups is 1. The molecule has 4 nitrogen and oxygen atoms in total. The first kappa shape index (κ1) is 18.8. The molecule has 1 saturated heterocycles. The molecule has 1 amide bonds. The van der Waals surface area contributed by atoms with E-state index in [4.69, 9.17) is 0 Å². The smallest absolute Gasteiger partial charge is 0.267 e. The number of nitrogens with zero attached hydrogens (tertiary/aromatic N) is 2. The predicted molar refractivity (Wildman–Crippen MR) is 106 cm³/mol. The van der Waals surface area contributed by atoms with Gasteiger partial charge in [0.05, 0.1) is 22.1 Å². The number of nitrogens with one attached hydrogen (secondary N) is 1. The molecule has 0 bridgehead atoms. The summed E-state index contributed by atoms with van der Waals surface area (Å²) in [5.74, 6) is -0.572. The van der Waals surface area contributed by atoms with Crippen LogP contribution in [-0.4, -0.2) is 24.0 Å². The average molecular weight is 376 g/mol. The van der Waals surface area contributed by atoms with Crippen LogP contribution in [0, 0.1) is 12.7 Å². The molecule has 1 aromatic carbocycles. The van der Waals surface area contributed by atoms with Gasteiger partial charge in [0.1, 0.15) is 10.7 Å². The molecule has 1 aliphatic heterocycles. The Morgan fingerprint density at radius 3 is 2.54 bits per heavy atom. The fourth-order valence-corrected chi connectivity index (χ4v) is 4.15. The summed E-state index contributed by atoms with van der Waals surface area (Å²) in [6.07, 6.45) is 3.45. The maximum absolute atomic E-state index is 13.8. The van der Waals surface area contributed by atoms with Crippen molar-refractivity contribution in [3.8, 4) is 0 Å². The molecule has 6 heteroatoms. The highest BCUT2D eigenvalue weighted by Crippen LogP contribution is 2.32. The number of aryl methyl sites for hydroxylation is 1. The zero-order valence-electron chi connectivity index (χ0n) is 15.9. The van der Waals surface area contributed by atoms with Crippen LogP contribution in [-0.2, 0) is 5.41 Å². The molecule has 26 heavy (non-hydrogen) atoms. The van der Waals surface area contributed by atoms with Gasteiger partial charge in [-0.15, -0.1) is 11.3 Å². The van der Waals surface area contributed by atoms with Gasteiger partial charge in [0.25, 0.3) is 5.91 Å². The third-order valence-electron chi connectivity index (χ3n) is 4.55. The second-order valence-electron chi connectivity index (χ2n) is 7.85. The summed E-state index contributed by atoms with van der Waals surface area (Å²) in [4.78, 5) is 20.2. The third-order valence-corrected chi connectivity index (χ3v) is 6.13. The highest BCUT2D eigenvalue weighted by Gasteiger charge is 2.24. The molecule has 0 atom stereocenters. The Hall–Kier alpha value is -1.95. The number of piperidine rings is 1. The number of halogens is 1. The molecule has 1 fully saturated rings. The van der Waals surface area contributed by atoms with Gasteiger partial charge in [-0.3, -0.25) is 4.79 Å². The number of thiazole rings is 1. The monoisotopic (exact) mass is 375 g/mol. The highest BCUT2D eigenvalue weighted by atomic mass is 32.1. The maximum Gasteiger partial charge on any atom is 0.267 e. The van der Waals surface area contributed by atoms with E-state index in [1.54, 1.807) is 6.07 Å². The molecule has 1 aromatic heterocycles. The fraction of sp³-hybridized carbons (Fsp3) is 0.500. The van der Waals surface area contributed by atoms with Gasteiger partial charge in [-0.05, 0) is 44.4 Å². The van der Waals surface area contributed by atoms with Crippen molar-refractivity contribution in [2.75, 3.05) is 23.3 Å². The molecule has 140 valence electrons. The van der Waals surface area contributed by atoms with E-state index >= 15 is 0 Å². The number of carbonyl (C=O) groups excluding carboxylic acids is 1. The third kappa shape index (κ3) is 4.06. The predicted octanol–water partition coefficient (Wildman–Crippen LogP) is 5.13. The minimum absolute atomic E-state index is 0.105. The van der Waals surface area contributed by atoms with Gasteiger partial charge in [-0.1, -0.05) is 20.8 Å². The van der Waals surface area contributed by atoms with Gasteiger partial charge in [-0.2, -0.15) is 0 Å². The van der Waals surface area contributed by atoms with Crippen molar-refractivity contribution < 1.29 is 9.18 Å². The number of hydrogen-bond donors (Lipinski definition) is 1. The lowest BCUT2D eigenvalue weighted by molar-refractivity contribution is 0.103. The Morgan fingerprint density at radius 2 is 1.92 bits per heavy atom. The van der Waals surface area contributed by atoms with Crippen LogP contribution >= 0.6 is 11.3 Å². The van der Waals surface area contributed by atoms with E-state index in [1.807, 2.05) is 6.92 Å². The molecule has 0 spiro atoms. The Bertz CT molecular complexity index is 804. The molecule has 1 aliphatic rings. The minimum Gasteiger partial charge on any atom is -0.370 e. The van der Waals surface area contributed by atoms with Crippen molar-refractivity contribution in [2.45, 2.75) is 52.4 Å². The Kier molecular flexibility index (Phi) is 5.32. The van der Waals surface area contributed by atoms with Gasteiger partial charge in [0, 0.05) is 18.5 Å². The first-order valence-electron chi connectivity index (χ1n) is 9.09. The second-order valence-corrected chi connectivity index (χ2v) is 8.85. The van der Waals surface area contributed by atoms with Crippen LogP contribution in [0.3, 0.4) is 0 Å². The van der Waals surface area contributed by atoms with E-state index in [2.05, 4.69) is 36.0 Å². The highest BCUT2D eigenvalue weighted by molar-refractivity contribution is 7.14. The summed E-state index contributed by atoms with van der Waals surface area (Å²) in [7, 11) is 0. The molecule has 1 N–H and O–H groups in total. The van der Waals surface area contributed by atoms with Crippen LogP contribution in [0.1, 0.15) is 60.4 Å². The summed E-state index contributed by atoms with van der Waals surface area (Å²) in [6, 6.07) is 4.62. The minimum atomic E-state index is -0.350. The summed E-state index contributed by atoms with van der Waals surface area (Å²) in [6.45, 7) is 9.94. The number of hydrogen-bond acceptors (Lipinski definition) is 4. The molecule has 2 heterocycles. The Balaban J connectivity index is 1.87. The quantitative estimate of drug-likeness (QED) is 0.809. The second kappa shape index (κ2) is 7.35. The standard InChI is InChI=1S/C20H26FN3OS/c1-13-17(26-19(22-13)20(2,3)4)18(25)23-15-12-14(21)8-9-16(15)24-10-6-5-7-11-24/h8-9,12H,5-7,10-11H2,1-4H3,(H,23,25). The van der Waals surface area contributed by atoms with E-state index < -0.39 is 0 Å². The molecule has 0 saturated carbocycles. The van der Waals surface area contributed by atoms with Crippen molar-refractivity contribution in [3.63, 3.8) is 0 Å². The van der Waals surface area contributed by atoms with Gasteiger partial charge in [0.2, 0.25) is 0 Å². The van der Waals surface area contributed by atoms with Crippen LogP contribution in [0.4, 0.5) is 15.8 Å². The molecule has 0 unspecified atom stereocenters. The van der Waals surface area contributed by atoms with Crippen LogP contribution in [0.5, 0.6) is 0 Å². The lowest BCUT2D eigenvalue weighted by Crippen LogP contribution is -2.30. The van der Waals surface area contributed by atoms with Crippen molar-refractivity contribution >= 4 is 28.6 Å². The molecule has 3 rings (SSSR count). The topological polar surface area (TPSA) is 45.2 Å². The van der Waals surface area contributed by atoms with E-state index in [-0.39, 0.29) is 17.1 Å². The first-order valence-corrected chi connectivity index (χ1v) is 9.91. The lowest BCUT2D eigenvalue weighted by atomic mass is 9.98. The summed E-state index contributed by atoms with van der Waals surface area (Å²) < 4.78 is 13.8.